The summed E-state index contributed by atoms with van der Waals surface area (Å²) < 4.78 is 13.7. The molecule has 0 aliphatic heterocycles. The van der Waals surface area contributed by atoms with Crippen LogP contribution >= 0.6 is 11.6 Å². The molecule has 2 rings (SSSR count). The Labute approximate surface area is 126 Å². The van der Waals surface area contributed by atoms with Gasteiger partial charge in [0.2, 0.25) is 0 Å². The molecular weight excluding hydrogens is 273 g/mol. The quantitative estimate of drug-likeness (QED) is 0.773. The van der Waals surface area contributed by atoms with Crippen LogP contribution in [0.3, 0.4) is 0 Å². The molecule has 1 aromatic rings. The van der Waals surface area contributed by atoms with E-state index in [1.165, 1.54) is 25.7 Å². The highest BCUT2D eigenvalue weighted by molar-refractivity contribution is 6.30. The molecule has 0 spiro atoms. The molecule has 3 heteroatoms. The van der Waals surface area contributed by atoms with Gasteiger partial charge in [-0.1, -0.05) is 44.4 Å². The first-order chi connectivity index (χ1) is 9.61. The van der Waals surface area contributed by atoms with Crippen molar-refractivity contribution < 1.29 is 4.39 Å². The Morgan fingerprint density at radius 1 is 1.40 bits per heavy atom. The second kappa shape index (κ2) is 7.42. The van der Waals surface area contributed by atoms with Crippen LogP contribution in [0.1, 0.15) is 57.6 Å². The van der Waals surface area contributed by atoms with Crippen LogP contribution in [0.5, 0.6) is 0 Å². The molecule has 1 nitrogen and oxygen atoms in total. The van der Waals surface area contributed by atoms with Gasteiger partial charge in [0.05, 0.1) is 5.02 Å². The molecule has 1 aliphatic rings. The second-order valence-corrected chi connectivity index (χ2v) is 6.54. The predicted octanol–water partition coefficient (Wildman–Crippen LogP) is 5.35. The highest BCUT2D eigenvalue weighted by Gasteiger charge is 2.27. The lowest BCUT2D eigenvalue weighted by Gasteiger charge is -2.34. The first kappa shape index (κ1) is 15.8. The third-order valence-corrected chi connectivity index (χ3v) is 4.67. The summed E-state index contributed by atoms with van der Waals surface area (Å²) in [7, 11) is 0. The Balaban J connectivity index is 2.19. The minimum Gasteiger partial charge on any atom is -0.310 e. The molecule has 1 saturated carbocycles. The maximum absolute atomic E-state index is 13.7. The molecule has 0 amide bonds. The molecule has 0 heterocycles. The van der Waals surface area contributed by atoms with E-state index in [9.17, 15) is 4.39 Å². The van der Waals surface area contributed by atoms with Gasteiger partial charge in [0, 0.05) is 6.04 Å². The summed E-state index contributed by atoms with van der Waals surface area (Å²) in [5.41, 5.74) is 1.04. The summed E-state index contributed by atoms with van der Waals surface area (Å²) in [5.74, 6) is 1.07. The monoisotopic (exact) mass is 297 g/mol. The van der Waals surface area contributed by atoms with Gasteiger partial charge >= 0.3 is 0 Å². The van der Waals surface area contributed by atoms with Gasteiger partial charge in [-0.2, -0.15) is 0 Å². The molecular formula is C17H25ClFN. The lowest BCUT2D eigenvalue weighted by atomic mass is 9.76. The highest BCUT2D eigenvalue weighted by Crippen LogP contribution is 2.37. The number of hydrogen-bond acceptors (Lipinski definition) is 1. The summed E-state index contributed by atoms with van der Waals surface area (Å²) >= 11 is 5.80. The average Bonchev–Trinajstić information content (AvgIpc) is 2.43. The largest absolute Gasteiger partial charge is 0.310 e. The van der Waals surface area contributed by atoms with E-state index in [0.717, 1.165) is 24.4 Å². The maximum Gasteiger partial charge on any atom is 0.142 e. The molecule has 20 heavy (non-hydrogen) atoms. The van der Waals surface area contributed by atoms with Crippen molar-refractivity contribution in [3.63, 3.8) is 0 Å². The van der Waals surface area contributed by atoms with Gasteiger partial charge in [0.1, 0.15) is 5.82 Å². The van der Waals surface area contributed by atoms with Crippen molar-refractivity contribution >= 4 is 11.6 Å². The van der Waals surface area contributed by atoms with E-state index in [0.29, 0.717) is 5.92 Å². The summed E-state index contributed by atoms with van der Waals surface area (Å²) in [4.78, 5) is 0. The van der Waals surface area contributed by atoms with E-state index in [1.807, 2.05) is 6.07 Å². The van der Waals surface area contributed by atoms with Crippen LogP contribution in [0.25, 0.3) is 0 Å². The van der Waals surface area contributed by atoms with Crippen molar-refractivity contribution in [1.82, 2.24) is 5.32 Å². The molecule has 0 radical (unpaired) electrons. The lowest BCUT2D eigenvalue weighted by Crippen LogP contribution is -2.32. The summed E-state index contributed by atoms with van der Waals surface area (Å²) in [6, 6.07) is 5.51. The molecule has 1 fully saturated rings. The number of hydrogen-bond donors (Lipinski definition) is 1. The molecule has 0 bridgehead atoms. The smallest absolute Gasteiger partial charge is 0.142 e. The fourth-order valence-electron chi connectivity index (χ4n) is 3.35. The molecule has 1 aromatic carbocycles. The van der Waals surface area contributed by atoms with Crippen LogP contribution in [0.15, 0.2) is 18.2 Å². The molecule has 3 unspecified atom stereocenters. The van der Waals surface area contributed by atoms with Gasteiger partial charge in [-0.15, -0.1) is 0 Å². The number of rotatable bonds is 5. The molecule has 0 aromatic heterocycles. The fourth-order valence-corrected chi connectivity index (χ4v) is 3.46. The topological polar surface area (TPSA) is 12.0 Å². The van der Waals surface area contributed by atoms with Crippen molar-refractivity contribution in [2.75, 3.05) is 6.54 Å². The minimum atomic E-state index is -0.309. The van der Waals surface area contributed by atoms with E-state index in [4.69, 9.17) is 11.6 Å². The molecule has 112 valence electrons. The summed E-state index contributed by atoms with van der Waals surface area (Å²) in [6.07, 6.45) is 6.16. The van der Waals surface area contributed by atoms with Crippen molar-refractivity contribution in [2.24, 2.45) is 11.8 Å². The van der Waals surface area contributed by atoms with Crippen molar-refractivity contribution in [1.29, 1.82) is 0 Å². The lowest BCUT2D eigenvalue weighted by molar-refractivity contribution is 0.223. The third-order valence-electron chi connectivity index (χ3n) is 4.37. The Morgan fingerprint density at radius 2 is 2.20 bits per heavy atom. The Kier molecular flexibility index (Phi) is 5.86. The normalized spacial score (nSPS) is 24.6. The Bertz CT molecular complexity index is 435. The summed E-state index contributed by atoms with van der Waals surface area (Å²) in [5, 5.41) is 3.82. The minimum absolute atomic E-state index is 0.208. The van der Waals surface area contributed by atoms with Gasteiger partial charge < -0.3 is 5.32 Å². The van der Waals surface area contributed by atoms with Crippen LogP contribution in [0.4, 0.5) is 4.39 Å². The van der Waals surface area contributed by atoms with Gasteiger partial charge in [-0.05, 0) is 55.3 Å². The molecule has 0 saturated heterocycles. The van der Waals surface area contributed by atoms with Gasteiger partial charge in [-0.25, -0.2) is 4.39 Å². The van der Waals surface area contributed by atoms with Crippen LogP contribution < -0.4 is 5.32 Å². The first-order valence-electron chi connectivity index (χ1n) is 7.80. The van der Waals surface area contributed by atoms with E-state index >= 15 is 0 Å². The average molecular weight is 298 g/mol. The Morgan fingerprint density at radius 3 is 2.85 bits per heavy atom. The number of halogens is 2. The van der Waals surface area contributed by atoms with Gasteiger partial charge in [0.15, 0.2) is 0 Å². The van der Waals surface area contributed by atoms with Crippen LogP contribution in [-0.2, 0) is 0 Å². The van der Waals surface area contributed by atoms with E-state index in [2.05, 4.69) is 19.2 Å². The highest BCUT2D eigenvalue weighted by atomic mass is 35.5. The maximum atomic E-state index is 13.7. The molecule has 1 aliphatic carbocycles. The zero-order valence-electron chi connectivity index (χ0n) is 12.5. The molecule has 1 N–H and O–H groups in total. The van der Waals surface area contributed by atoms with Gasteiger partial charge in [0.25, 0.3) is 0 Å². The third kappa shape index (κ3) is 3.95. The number of nitrogens with one attached hydrogen (secondary N) is 1. The second-order valence-electron chi connectivity index (χ2n) is 6.14. The van der Waals surface area contributed by atoms with Crippen LogP contribution in [0.2, 0.25) is 5.02 Å². The van der Waals surface area contributed by atoms with Crippen molar-refractivity contribution in [3.8, 4) is 0 Å². The SMILES string of the molecule is CCCNC(c1ccc(Cl)c(F)c1)C1CCCC(C)C1. The van der Waals surface area contributed by atoms with Crippen molar-refractivity contribution in [2.45, 2.75) is 52.0 Å². The van der Waals surface area contributed by atoms with Gasteiger partial charge in [-0.3, -0.25) is 0 Å². The zero-order valence-corrected chi connectivity index (χ0v) is 13.2. The fraction of sp³-hybridized carbons (Fsp3) is 0.647. The van der Waals surface area contributed by atoms with E-state index < -0.39 is 0 Å². The first-order valence-corrected chi connectivity index (χ1v) is 8.18. The van der Waals surface area contributed by atoms with E-state index in [-0.39, 0.29) is 16.9 Å². The number of benzene rings is 1. The van der Waals surface area contributed by atoms with Crippen LogP contribution in [-0.4, -0.2) is 6.54 Å². The van der Waals surface area contributed by atoms with Crippen molar-refractivity contribution in [3.05, 3.63) is 34.6 Å². The van der Waals surface area contributed by atoms with E-state index in [1.54, 1.807) is 12.1 Å². The zero-order chi connectivity index (χ0) is 14.5. The predicted molar refractivity (Wildman–Crippen MR) is 83.6 cm³/mol. The van der Waals surface area contributed by atoms with Crippen LogP contribution in [0, 0.1) is 17.7 Å². The standard InChI is InChI=1S/C17H25ClFN/c1-3-9-20-17(13-6-4-5-12(2)10-13)14-7-8-15(18)16(19)11-14/h7-8,11-13,17,20H,3-6,9-10H2,1-2H3. The summed E-state index contributed by atoms with van der Waals surface area (Å²) in [6.45, 7) is 5.46. The molecule has 3 atom stereocenters. The Hall–Kier alpha value is -0.600.